The number of carboxylic acids is 1. The van der Waals surface area contributed by atoms with Crippen molar-refractivity contribution in [3.8, 4) is 0 Å². The number of nitrogens with zero attached hydrogens (tertiary/aromatic N) is 1. The molecule has 13 heteroatoms. The van der Waals surface area contributed by atoms with Gasteiger partial charge in [0, 0.05) is 24.7 Å². The highest BCUT2D eigenvalue weighted by Gasteiger charge is 2.31. The number of carbonyl (C=O) groups is 4. The van der Waals surface area contributed by atoms with Gasteiger partial charge in [0.15, 0.2) is 0 Å². The van der Waals surface area contributed by atoms with E-state index in [1.54, 1.807) is 30.3 Å². The molecular formula is C22H30N6O7. The second-order valence-electron chi connectivity index (χ2n) is 7.94. The molecule has 0 saturated carbocycles. The van der Waals surface area contributed by atoms with Crippen molar-refractivity contribution in [2.45, 2.75) is 50.0 Å². The molecule has 2 aromatic rings. The van der Waals surface area contributed by atoms with Crippen molar-refractivity contribution in [2.75, 3.05) is 6.61 Å². The molecule has 35 heavy (non-hydrogen) atoms. The first-order valence-electron chi connectivity index (χ1n) is 10.8. The number of aromatic nitrogens is 2. The molecule has 9 N–H and O–H groups in total. The Morgan fingerprint density at radius 2 is 1.54 bits per heavy atom. The Bertz CT molecular complexity index is 983. The summed E-state index contributed by atoms with van der Waals surface area (Å²) in [5.74, 6) is -3.81. The van der Waals surface area contributed by atoms with Crippen LogP contribution in [0.2, 0.25) is 0 Å². The van der Waals surface area contributed by atoms with E-state index in [-0.39, 0.29) is 12.8 Å². The Balaban J connectivity index is 2.25. The summed E-state index contributed by atoms with van der Waals surface area (Å²) in [5, 5.41) is 35.2. The number of hydrogen-bond donors (Lipinski definition) is 8. The number of amides is 3. The molecule has 0 saturated heterocycles. The van der Waals surface area contributed by atoms with E-state index >= 15 is 0 Å². The van der Waals surface area contributed by atoms with Crippen LogP contribution in [-0.2, 0) is 32.0 Å². The summed E-state index contributed by atoms with van der Waals surface area (Å²) in [4.78, 5) is 56.4. The van der Waals surface area contributed by atoms with Crippen molar-refractivity contribution in [1.29, 1.82) is 0 Å². The second kappa shape index (κ2) is 13.2. The van der Waals surface area contributed by atoms with Crippen molar-refractivity contribution >= 4 is 23.7 Å². The van der Waals surface area contributed by atoms with E-state index in [4.69, 9.17) is 10.8 Å². The van der Waals surface area contributed by atoms with Gasteiger partial charge in [0.1, 0.15) is 24.2 Å². The number of aliphatic hydroxyl groups excluding tert-OH is 2. The Kier molecular flexibility index (Phi) is 10.3. The maximum atomic E-state index is 13.2. The lowest BCUT2D eigenvalue weighted by molar-refractivity contribution is -0.143. The molecular weight excluding hydrogens is 460 g/mol. The SMILES string of the molecule is CC(O)C(N)C(=O)NC(Cc1cnc[nH]1)C(=O)NC(Cc1ccccc1)C(=O)NC(CO)C(=O)O. The van der Waals surface area contributed by atoms with Gasteiger partial charge >= 0.3 is 5.97 Å². The van der Waals surface area contributed by atoms with Crippen LogP contribution in [0.3, 0.4) is 0 Å². The summed E-state index contributed by atoms with van der Waals surface area (Å²) in [5.41, 5.74) is 6.86. The average Bonchev–Trinajstić information content (AvgIpc) is 3.34. The van der Waals surface area contributed by atoms with Gasteiger partial charge in [0.05, 0.1) is 19.0 Å². The number of imidazole rings is 1. The number of aliphatic carboxylic acids is 1. The van der Waals surface area contributed by atoms with E-state index in [9.17, 15) is 29.4 Å². The minimum absolute atomic E-state index is 0.00803. The molecule has 13 nitrogen and oxygen atoms in total. The highest BCUT2D eigenvalue weighted by molar-refractivity contribution is 5.94. The Labute approximate surface area is 201 Å². The van der Waals surface area contributed by atoms with Gasteiger partial charge in [-0.15, -0.1) is 0 Å². The predicted molar refractivity (Wildman–Crippen MR) is 123 cm³/mol. The first-order valence-corrected chi connectivity index (χ1v) is 10.8. The Morgan fingerprint density at radius 1 is 0.971 bits per heavy atom. The fourth-order valence-corrected chi connectivity index (χ4v) is 3.10. The molecule has 1 heterocycles. The van der Waals surface area contributed by atoms with Gasteiger partial charge in [0.2, 0.25) is 17.7 Å². The number of nitrogens with one attached hydrogen (secondary N) is 4. The zero-order chi connectivity index (χ0) is 26.0. The molecule has 1 aromatic carbocycles. The van der Waals surface area contributed by atoms with Crippen LogP contribution in [0.15, 0.2) is 42.9 Å². The van der Waals surface area contributed by atoms with Gasteiger partial charge < -0.3 is 42.0 Å². The van der Waals surface area contributed by atoms with Gasteiger partial charge in [-0.2, -0.15) is 0 Å². The quantitative estimate of drug-likeness (QED) is 0.148. The molecule has 3 amide bonds. The molecule has 0 radical (unpaired) electrons. The van der Waals surface area contributed by atoms with Crippen LogP contribution >= 0.6 is 0 Å². The van der Waals surface area contributed by atoms with Crippen LogP contribution in [0.25, 0.3) is 0 Å². The fraction of sp³-hybridized carbons (Fsp3) is 0.409. The number of aromatic amines is 1. The van der Waals surface area contributed by atoms with E-state index < -0.39 is 60.6 Å². The van der Waals surface area contributed by atoms with E-state index in [1.807, 2.05) is 0 Å². The summed E-state index contributed by atoms with van der Waals surface area (Å²) in [7, 11) is 0. The third-order valence-corrected chi connectivity index (χ3v) is 5.15. The van der Waals surface area contributed by atoms with Gasteiger partial charge in [-0.25, -0.2) is 9.78 Å². The maximum Gasteiger partial charge on any atom is 0.328 e. The lowest BCUT2D eigenvalue weighted by Gasteiger charge is -2.25. The van der Waals surface area contributed by atoms with Gasteiger partial charge in [0.25, 0.3) is 0 Å². The van der Waals surface area contributed by atoms with Gasteiger partial charge in [-0.05, 0) is 12.5 Å². The third kappa shape index (κ3) is 8.48. The zero-order valence-corrected chi connectivity index (χ0v) is 19.0. The topological polar surface area (TPSA) is 220 Å². The van der Waals surface area contributed by atoms with Crippen LogP contribution < -0.4 is 21.7 Å². The molecule has 0 bridgehead atoms. The summed E-state index contributed by atoms with van der Waals surface area (Å²) in [6, 6.07) is 3.38. The van der Waals surface area contributed by atoms with Crippen LogP contribution in [0.1, 0.15) is 18.2 Å². The number of rotatable bonds is 13. The number of nitrogens with two attached hydrogens (primary N) is 1. The largest absolute Gasteiger partial charge is 0.480 e. The van der Waals surface area contributed by atoms with Crippen molar-refractivity contribution < 1.29 is 34.5 Å². The van der Waals surface area contributed by atoms with Gasteiger partial charge in [-0.3, -0.25) is 14.4 Å². The van der Waals surface area contributed by atoms with Crippen molar-refractivity contribution in [3.05, 3.63) is 54.1 Å². The summed E-state index contributed by atoms with van der Waals surface area (Å²) < 4.78 is 0. The van der Waals surface area contributed by atoms with E-state index in [0.29, 0.717) is 11.3 Å². The molecule has 0 aliphatic rings. The minimum Gasteiger partial charge on any atom is -0.480 e. The Hall–Kier alpha value is -3.81. The van der Waals surface area contributed by atoms with Crippen molar-refractivity contribution in [2.24, 2.45) is 5.73 Å². The molecule has 5 unspecified atom stereocenters. The summed E-state index contributed by atoms with van der Waals surface area (Å²) >= 11 is 0. The average molecular weight is 491 g/mol. The molecule has 1 aromatic heterocycles. The molecule has 0 fully saturated rings. The number of aliphatic hydroxyl groups is 2. The third-order valence-electron chi connectivity index (χ3n) is 5.15. The van der Waals surface area contributed by atoms with E-state index in [2.05, 4.69) is 25.9 Å². The summed E-state index contributed by atoms with van der Waals surface area (Å²) in [6.07, 6.45) is 1.65. The van der Waals surface area contributed by atoms with Crippen molar-refractivity contribution in [1.82, 2.24) is 25.9 Å². The first kappa shape index (κ1) is 27.4. The minimum atomic E-state index is -1.57. The standard InChI is InChI=1S/C22H30N6O7/c1-12(30)18(23)21(33)27-16(8-14-9-24-11-25-14)20(32)26-15(7-13-5-3-2-4-6-13)19(31)28-17(10-29)22(34)35/h2-6,9,11-12,15-18,29-30H,7-8,10,23H2,1H3,(H,24,25)(H,26,32)(H,27,33)(H,28,31)(H,34,35). The molecule has 2 rings (SSSR count). The van der Waals surface area contributed by atoms with Gasteiger partial charge in [-0.1, -0.05) is 30.3 Å². The smallest absolute Gasteiger partial charge is 0.328 e. The highest BCUT2D eigenvalue weighted by Crippen LogP contribution is 2.06. The van der Waals surface area contributed by atoms with Crippen LogP contribution in [-0.4, -0.2) is 85.9 Å². The molecule has 0 aliphatic heterocycles. The van der Waals surface area contributed by atoms with Crippen molar-refractivity contribution in [3.63, 3.8) is 0 Å². The van der Waals surface area contributed by atoms with E-state index in [0.717, 1.165) is 0 Å². The van der Waals surface area contributed by atoms with E-state index in [1.165, 1.54) is 19.4 Å². The monoisotopic (exact) mass is 490 g/mol. The molecule has 0 spiro atoms. The normalized spacial score (nSPS) is 15.2. The number of H-pyrrole nitrogens is 1. The zero-order valence-electron chi connectivity index (χ0n) is 19.0. The first-order chi connectivity index (χ1) is 16.6. The van der Waals surface area contributed by atoms with Crippen LogP contribution in [0.5, 0.6) is 0 Å². The fourth-order valence-electron chi connectivity index (χ4n) is 3.10. The lowest BCUT2D eigenvalue weighted by atomic mass is 10.0. The molecule has 5 atom stereocenters. The lowest BCUT2D eigenvalue weighted by Crippen LogP contribution is -2.59. The number of carboxylic acid groups (broad SMARTS) is 1. The Morgan fingerprint density at radius 3 is 2.06 bits per heavy atom. The summed E-state index contributed by atoms with van der Waals surface area (Å²) in [6.45, 7) is 0.483. The number of hydrogen-bond acceptors (Lipinski definition) is 8. The second-order valence-corrected chi connectivity index (χ2v) is 7.94. The highest BCUT2D eigenvalue weighted by atomic mass is 16.4. The number of carbonyl (C=O) groups excluding carboxylic acids is 3. The van der Waals surface area contributed by atoms with Crippen LogP contribution in [0, 0.1) is 0 Å². The molecule has 0 aliphatic carbocycles. The van der Waals surface area contributed by atoms with Crippen LogP contribution in [0.4, 0.5) is 0 Å². The maximum absolute atomic E-state index is 13.2. The number of benzene rings is 1. The molecule has 190 valence electrons. The predicted octanol–water partition coefficient (Wildman–Crippen LogP) is -2.57.